The van der Waals surface area contributed by atoms with Crippen LogP contribution in [0.2, 0.25) is 0 Å². The summed E-state index contributed by atoms with van der Waals surface area (Å²) in [5.74, 6) is -0.594. The number of hydrogen-bond donors (Lipinski definition) is 1. The van der Waals surface area contributed by atoms with Crippen molar-refractivity contribution in [2.24, 2.45) is 0 Å². The van der Waals surface area contributed by atoms with E-state index in [1.807, 2.05) is 0 Å². The smallest absolute Gasteiger partial charge is 0.339 e. The average Bonchev–Trinajstić information content (AvgIpc) is 3.21. The zero-order valence-electron chi connectivity index (χ0n) is 17.5. The minimum Gasteiger partial charge on any atom is -0.380 e. The third-order valence-electron chi connectivity index (χ3n) is 5.01. The quantitative estimate of drug-likeness (QED) is 0.370. The summed E-state index contributed by atoms with van der Waals surface area (Å²) in [5.41, 5.74) is 7.32. The molecule has 2 aromatic carbocycles. The summed E-state index contributed by atoms with van der Waals surface area (Å²) in [6.45, 7) is 0.145. The first-order valence-corrected chi connectivity index (χ1v) is 11.5. The molecule has 170 valence electrons. The second-order valence-electron chi connectivity index (χ2n) is 7.27. The van der Waals surface area contributed by atoms with Crippen molar-refractivity contribution in [3.8, 4) is 17.3 Å². The van der Waals surface area contributed by atoms with Crippen molar-refractivity contribution in [2.45, 2.75) is 11.4 Å². The molecule has 0 unspecified atom stereocenters. The number of hydrogen-bond acceptors (Lipinski definition) is 8. The largest absolute Gasteiger partial charge is 0.380 e. The summed E-state index contributed by atoms with van der Waals surface area (Å²) in [6, 6.07) is 17.6. The van der Waals surface area contributed by atoms with E-state index in [0.717, 1.165) is 0 Å². The van der Waals surface area contributed by atoms with Crippen molar-refractivity contribution < 1.29 is 17.0 Å². The van der Waals surface area contributed by atoms with Crippen molar-refractivity contribution >= 4 is 27.0 Å². The van der Waals surface area contributed by atoms with Gasteiger partial charge in [-0.3, -0.25) is 0 Å². The summed E-state index contributed by atoms with van der Waals surface area (Å²) in [4.78, 5) is 12.8. The van der Waals surface area contributed by atoms with Crippen molar-refractivity contribution in [3.63, 3.8) is 0 Å². The number of nitrogens with zero attached hydrogens (tertiary/aromatic N) is 5. The summed E-state index contributed by atoms with van der Waals surface area (Å²) >= 11 is 0. The van der Waals surface area contributed by atoms with Crippen LogP contribution in [0, 0.1) is 5.82 Å². The van der Waals surface area contributed by atoms with Crippen LogP contribution in [0.3, 0.4) is 0 Å². The van der Waals surface area contributed by atoms with E-state index in [1.165, 1.54) is 24.4 Å². The van der Waals surface area contributed by atoms with E-state index in [2.05, 4.69) is 20.1 Å². The molecule has 0 aliphatic carbocycles. The molecule has 5 aromatic rings. The molecular formula is C23H17FN6O3S. The van der Waals surface area contributed by atoms with E-state index in [4.69, 9.17) is 9.92 Å². The van der Waals surface area contributed by atoms with Crippen molar-refractivity contribution in [3.05, 3.63) is 90.5 Å². The molecule has 0 saturated heterocycles. The summed E-state index contributed by atoms with van der Waals surface area (Å²) < 4.78 is 45.9. The van der Waals surface area contributed by atoms with Gasteiger partial charge in [-0.2, -0.15) is 13.5 Å². The lowest BCUT2D eigenvalue weighted by Crippen LogP contribution is -2.12. The second-order valence-corrected chi connectivity index (χ2v) is 8.81. The van der Waals surface area contributed by atoms with Gasteiger partial charge in [-0.25, -0.2) is 24.0 Å². The number of nitrogens with two attached hydrogens (primary N) is 1. The maximum atomic E-state index is 14.2. The Bertz CT molecular complexity index is 1610. The molecule has 9 nitrogen and oxygen atoms in total. The molecule has 0 fully saturated rings. The fourth-order valence-corrected chi connectivity index (χ4v) is 4.34. The number of fused-ring (bicyclic) bond motifs is 1. The molecule has 34 heavy (non-hydrogen) atoms. The standard InChI is InChI=1S/C23H17FN6O3S/c24-18-11-5-4-7-15(18)14-30-23-17(10-6-12-26-23)20(29-30)22-27-13-19(21(25)28-22)33-34(31,32)16-8-2-1-3-9-16/h1-13H,14H2,(H2,25,27,28). The molecule has 0 amide bonds. The van der Waals surface area contributed by atoms with Gasteiger partial charge in [0.1, 0.15) is 16.4 Å². The molecule has 0 aliphatic heterocycles. The molecule has 0 radical (unpaired) electrons. The van der Waals surface area contributed by atoms with Gasteiger partial charge in [0.25, 0.3) is 0 Å². The first-order chi connectivity index (χ1) is 16.4. The Morgan fingerprint density at radius 1 is 0.971 bits per heavy atom. The Kier molecular flexibility index (Phi) is 5.38. The normalized spacial score (nSPS) is 11.6. The van der Waals surface area contributed by atoms with E-state index >= 15 is 0 Å². The zero-order valence-corrected chi connectivity index (χ0v) is 18.4. The molecule has 0 saturated carbocycles. The third-order valence-corrected chi connectivity index (χ3v) is 6.26. The van der Waals surface area contributed by atoms with Crippen LogP contribution in [0.25, 0.3) is 22.6 Å². The molecule has 0 aliphatic rings. The average molecular weight is 476 g/mol. The first-order valence-electron chi connectivity index (χ1n) is 10.1. The second kappa shape index (κ2) is 8.52. The summed E-state index contributed by atoms with van der Waals surface area (Å²) in [6.07, 6.45) is 2.78. The van der Waals surface area contributed by atoms with Gasteiger partial charge in [-0.15, -0.1) is 0 Å². The SMILES string of the molecule is Nc1nc(-c2nn(Cc3ccccc3F)c3ncccc23)ncc1OS(=O)(=O)c1ccccc1. The van der Waals surface area contributed by atoms with Crippen LogP contribution >= 0.6 is 0 Å². The topological polar surface area (TPSA) is 126 Å². The van der Waals surface area contributed by atoms with E-state index in [-0.39, 0.29) is 34.6 Å². The van der Waals surface area contributed by atoms with Gasteiger partial charge in [-0.1, -0.05) is 36.4 Å². The predicted octanol–water partition coefficient (Wildman–Crippen LogP) is 3.43. The van der Waals surface area contributed by atoms with E-state index in [0.29, 0.717) is 22.3 Å². The molecule has 0 bridgehead atoms. The van der Waals surface area contributed by atoms with Crippen molar-refractivity contribution in [1.82, 2.24) is 24.7 Å². The fourth-order valence-electron chi connectivity index (χ4n) is 3.39. The van der Waals surface area contributed by atoms with Crippen LogP contribution in [-0.4, -0.2) is 33.2 Å². The zero-order chi connectivity index (χ0) is 23.7. The molecule has 0 spiro atoms. The maximum Gasteiger partial charge on any atom is 0.339 e. The highest BCUT2D eigenvalue weighted by Gasteiger charge is 2.21. The van der Waals surface area contributed by atoms with Crippen molar-refractivity contribution in [1.29, 1.82) is 0 Å². The molecular weight excluding hydrogens is 459 g/mol. The minimum absolute atomic E-state index is 0.0255. The van der Waals surface area contributed by atoms with Gasteiger partial charge in [-0.05, 0) is 30.3 Å². The first kappa shape index (κ1) is 21.5. The van der Waals surface area contributed by atoms with E-state index in [9.17, 15) is 12.8 Å². The summed E-state index contributed by atoms with van der Waals surface area (Å²) in [7, 11) is -4.11. The Hall–Kier alpha value is -4.38. The molecule has 3 aromatic heterocycles. The third kappa shape index (κ3) is 4.04. The Balaban J connectivity index is 1.51. The van der Waals surface area contributed by atoms with Crippen LogP contribution < -0.4 is 9.92 Å². The highest BCUT2D eigenvalue weighted by atomic mass is 32.2. The van der Waals surface area contributed by atoms with Crippen LogP contribution in [0.1, 0.15) is 5.56 Å². The molecule has 0 atom stereocenters. The number of halogens is 1. The summed E-state index contributed by atoms with van der Waals surface area (Å²) in [5, 5.41) is 5.17. The van der Waals surface area contributed by atoms with Gasteiger partial charge < -0.3 is 9.92 Å². The Morgan fingerprint density at radius 2 is 1.74 bits per heavy atom. The molecule has 2 N–H and O–H groups in total. The number of aromatic nitrogens is 5. The molecule has 3 heterocycles. The molecule has 11 heteroatoms. The number of anilines is 1. The highest BCUT2D eigenvalue weighted by molar-refractivity contribution is 7.87. The van der Waals surface area contributed by atoms with Crippen LogP contribution in [0.15, 0.2) is 84.0 Å². The van der Waals surface area contributed by atoms with Gasteiger partial charge in [0.15, 0.2) is 17.3 Å². The van der Waals surface area contributed by atoms with Crippen LogP contribution in [0.4, 0.5) is 10.2 Å². The molecule has 5 rings (SSSR count). The maximum absolute atomic E-state index is 14.2. The predicted molar refractivity (Wildman–Crippen MR) is 123 cm³/mol. The Morgan fingerprint density at radius 3 is 2.50 bits per heavy atom. The van der Waals surface area contributed by atoms with E-state index in [1.54, 1.807) is 59.4 Å². The van der Waals surface area contributed by atoms with Crippen LogP contribution in [0.5, 0.6) is 5.75 Å². The fraction of sp³-hybridized carbons (Fsp3) is 0.0435. The lowest BCUT2D eigenvalue weighted by atomic mass is 10.2. The van der Waals surface area contributed by atoms with Gasteiger partial charge in [0.2, 0.25) is 5.75 Å². The highest BCUT2D eigenvalue weighted by Crippen LogP contribution is 2.29. The number of benzene rings is 2. The van der Waals surface area contributed by atoms with Crippen LogP contribution in [-0.2, 0) is 16.7 Å². The van der Waals surface area contributed by atoms with Gasteiger partial charge in [0.05, 0.1) is 18.1 Å². The number of nitrogen functional groups attached to an aromatic ring is 1. The van der Waals surface area contributed by atoms with E-state index < -0.39 is 10.1 Å². The number of rotatable bonds is 6. The lowest BCUT2D eigenvalue weighted by molar-refractivity contribution is 0.485. The number of pyridine rings is 1. The Labute approximate surface area is 193 Å². The lowest BCUT2D eigenvalue weighted by Gasteiger charge is -2.09. The van der Waals surface area contributed by atoms with Gasteiger partial charge >= 0.3 is 10.1 Å². The minimum atomic E-state index is -4.11. The monoisotopic (exact) mass is 476 g/mol. The van der Waals surface area contributed by atoms with Gasteiger partial charge in [0, 0.05) is 11.8 Å². The van der Waals surface area contributed by atoms with Crippen molar-refractivity contribution in [2.75, 3.05) is 5.73 Å².